The molecule has 182 valence electrons. The van der Waals surface area contributed by atoms with Crippen LogP contribution in [0.4, 0.5) is 10.5 Å². The van der Waals surface area contributed by atoms with Crippen LogP contribution in [0.2, 0.25) is 0 Å². The number of halogens is 3. The van der Waals surface area contributed by atoms with Crippen molar-refractivity contribution in [3.8, 4) is 5.75 Å². The third-order valence-corrected chi connectivity index (χ3v) is 7.02. The minimum Gasteiger partial charge on any atom is -0.487 e. The number of benzene rings is 3. The molecular formula is C25H15Br2IN2O6. The molecule has 1 aliphatic rings. The van der Waals surface area contributed by atoms with Crippen molar-refractivity contribution in [2.24, 2.45) is 0 Å². The van der Waals surface area contributed by atoms with Gasteiger partial charge in [0.25, 0.3) is 11.8 Å². The molecule has 0 radical (unpaired) electrons. The summed E-state index contributed by atoms with van der Waals surface area (Å²) in [7, 11) is 0. The Kier molecular flexibility index (Phi) is 7.91. The summed E-state index contributed by atoms with van der Waals surface area (Å²) in [6, 6.07) is 15.5. The van der Waals surface area contributed by atoms with Crippen LogP contribution in [0.25, 0.3) is 6.08 Å². The lowest BCUT2D eigenvalue weighted by atomic mass is 10.1. The zero-order valence-corrected chi connectivity index (χ0v) is 23.5. The number of imide groups is 2. The molecule has 1 fully saturated rings. The van der Waals surface area contributed by atoms with E-state index in [2.05, 4.69) is 59.8 Å². The molecule has 36 heavy (non-hydrogen) atoms. The Morgan fingerprint density at radius 2 is 1.69 bits per heavy atom. The number of hydrogen-bond acceptors (Lipinski definition) is 5. The molecule has 3 aromatic rings. The number of carbonyl (C=O) groups excluding carboxylic acids is 3. The van der Waals surface area contributed by atoms with Gasteiger partial charge in [0.05, 0.1) is 19.3 Å². The summed E-state index contributed by atoms with van der Waals surface area (Å²) in [4.78, 5) is 49.9. The van der Waals surface area contributed by atoms with Crippen LogP contribution in [0.3, 0.4) is 0 Å². The van der Waals surface area contributed by atoms with Gasteiger partial charge in [-0.1, -0.05) is 28.1 Å². The molecule has 4 amide bonds. The Balaban J connectivity index is 1.57. The van der Waals surface area contributed by atoms with E-state index in [1.165, 1.54) is 18.2 Å². The second kappa shape index (κ2) is 10.9. The van der Waals surface area contributed by atoms with Crippen molar-refractivity contribution in [3.05, 3.63) is 95.4 Å². The summed E-state index contributed by atoms with van der Waals surface area (Å²) in [5, 5.41) is 11.2. The van der Waals surface area contributed by atoms with E-state index in [9.17, 15) is 19.2 Å². The van der Waals surface area contributed by atoms with Crippen LogP contribution in [-0.4, -0.2) is 28.9 Å². The van der Waals surface area contributed by atoms with E-state index in [0.29, 0.717) is 25.0 Å². The normalized spacial score (nSPS) is 14.7. The molecule has 0 aliphatic carbocycles. The van der Waals surface area contributed by atoms with Gasteiger partial charge in [-0.2, -0.15) is 0 Å². The molecule has 2 N–H and O–H groups in total. The minimum absolute atomic E-state index is 0.188. The molecule has 8 nitrogen and oxygen atoms in total. The fourth-order valence-electron chi connectivity index (χ4n) is 3.35. The van der Waals surface area contributed by atoms with Gasteiger partial charge in [-0.05, 0) is 104 Å². The van der Waals surface area contributed by atoms with Crippen molar-refractivity contribution in [2.45, 2.75) is 6.61 Å². The monoisotopic (exact) mass is 724 g/mol. The lowest BCUT2D eigenvalue weighted by Gasteiger charge is -2.26. The first-order valence-electron chi connectivity index (χ1n) is 10.2. The molecule has 0 atom stereocenters. The van der Waals surface area contributed by atoms with Crippen molar-refractivity contribution in [1.82, 2.24) is 5.32 Å². The van der Waals surface area contributed by atoms with Crippen LogP contribution in [0.1, 0.15) is 21.5 Å². The molecule has 1 aliphatic heterocycles. The van der Waals surface area contributed by atoms with Gasteiger partial charge in [0.2, 0.25) is 0 Å². The van der Waals surface area contributed by atoms with Crippen LogP contribution in [0.15, 0.2) is 75.2 Å². The van der Waals surface area contributed by atoms with E-state index in [1.54, 1.807) is 48.5 Å². The van der Waals surface area contributed by atoms with Gasteiger partial charge in [0.15, 0.2) is 0 Å². The van der Waals surface area contributed by atoms with Crippen molar-refractivity contribution in [2.75, 3.05) is 4.90 Å². The van der Waals surface area contributed by atoms with Gasteiger partial charge in [-0.25, -0.2) is 14.5 Å². The number of carbonyl (C=O) groups is 4. The van der Waals surface area contributed by atoms with Crippen LogP contribution in [0, 0.1) is 3.57 Å². The summed E-state index contributed by atoms with van der Waals surface area (Å²) in [6.07, 6.45) is 1.41. The van der Waals surface area contributed by atoms with Crippen LogP contribution in [0.5, 0.6) is 5.75 Å². The second-order valence-electron chi connectivity index (χ2n) is 7.54. The molecule has 0 bridgehead atoms. The number of anilines is 1. The molecular weight excluding hydrogens is 711 g/mol. The Hall–Kier alpha value is -3.03. The number of carboxylic acid groups (broad SMARTS) is 1. The van der Waals surface area contributed by atoms with Crippen molar-refractivity contribution in [3.63, 3.8) is 0 Å². The SMILES string of the molecule is O=C1NC(=O)N(c2ccc(Br)cc2)C(=O)/C1=C/c1cc(Br)c(OCc2ccc(C(=O)O)cc2)c(I)c1. The highest BCUT2D eigenvalue weighted by atomic mass is 127. The number of barbiturate groups is 1. The maximum Gasteiger partial charge on any atom is 0.335 e. The molecule has 0 unspecified atom stereocenters. The standard InChI is InChI=1S/C25H15Br2IN2O6/c26-16-5-7-17(8-6-16)30-23(32)18(22(31)29-25(30)35)9-14-10-19(27)21(20(28)11-14)36-12-13-1-3-15(4-2-13)24(33)34/h1-11H,12H2,(H,33,34)(H,29,31,35)/b18-9+. The Labute approximate surface area is 235 Å². The van der Waals surface area contributed by atoms with Crippen LogP contribution < -0.4 is 15.0 Å². The molecule has 0 aromatic heterocycles. The summed E-state index contributed by atoms with van der Waals surface area (Å²) < 4.78 is 7.99. The molecule has 4 rings (SSSR count). The first-order chi connectivity index (χ1) is 17.1. The fourth-order valence-corrected chi connectivity index (χ4v) is 5.38. The lowest BCUT2D eigenvalue weighted by Crippen LogP contribution is -2.54. The van der Waals surface area contributed by atoms with Crippen LogP contribution >= 0.6 is 54.5 Å². The number of nitrogens with one attached hydrogen (secondary N) is 1. The van der Waals surface area contributed by atoms with E-state index in [0.717, 1.165) is 14.9 Å². The molecule has 1 saturated heterocycles. The third-order valence-electron chi connectivity index (χ3n) is 5.10. The number of nitrogens with zero attached hydrogens (tertiary/aromatic N) is 1. The summed E-state index contributed by atoms with van der Waals surface area (Å²) in [5.41, 5.74) is 1.67. The largest absolute Gasteiger partial charge is 0.487 e. The van der Waals surface area contributed by atoms with E-state index < -0.39 is 23.8 Å². The molecule has 0 saturated carbocycles. The predicted octanol–water partition coefficient (Wildman–Crippen LogP) is 5.76. The Morgan fingerprint density at radius 1 is 1.03 bits per heavy atom. The second-order valence-corrected chi connectivity index (χ2v) is 10.5. The fraction of sp³-hybridized carbons (Fsp3) is 0.0400. The van der Waals surface area contributed by atoms with Crippen molar-refractivity contribution >= 4 is 90.0 Å². The maximum atomic E-state index is 13.1. The summed E-state index contributed by atoms with van der Waals surface area (Å²) in [5.74, 6) is -1.97. The number of urea groups is 1. The molecule has 1 heterocycles. The summed E-state index contributed by atoms with van der Waals surface area (Å²) >= 11 is 8.86. The average molecular weight is 726 g/mol. The number of amides is 4. The van der Waals surface area contributed by atoms with Gasteiger partial charge in [-0.3, -0.25) is 14.9 Å². The van der Waals surface area contributed by atoms with E-state index in [1.807, 2.05) is 0 Å². The summed E-state index contributed by atoms with van der Waals surface area (Å²) in [6.45, 7) is 0.208. The molecule has 0 spiro atoms. The predicted molar refractivity (Wildman–Crippen MR) is 148 cm³/mol. The quantitative estimate of drug-likeness (QED) is 0.190. The van der Waals surface area contributed by atoms with Crippen molar-refractivity contribution in [1.29, 1.82) is 0 Å². The average Bonchev–Trinajstić information content (AvgIpc) is 2.82. The van der Waals surface area contributed by atoms with Crippen molar-refractivity contribution < 1.29 is 29.0 Å². The topological polar surface area (TPSA) is 113 Å². The van der Waals surface area contributed by atoms with Gasteiger partial charge in [-0.15, -0.1) is 0 Å². The number of carboxylic acids is 1. The van der Waals surface area contributed by atoms with Gasteiger partial charge < -0.3 is 9.84 Å². The first kappa shape index (κ1) is 26.0. The number of aromatic carboxylic acids is 1. The van der Waals surface area contributed by atoms with Gasteiger partial charge in [0.1, 0.15) is 17.9 Å². The smallest absolute Gasteiger partial charge is 0.335 e. The zero-order chi connectivity index (χ0) is 26.0. The van der Waals surface area contributed by atoms with Gasteiger partial charge >= 0.3 is 12.0 Å². The third kappa shape index (κ3) is 5.68. The molecule has 11 heteroatoms. The minimum atomic E-state index is -1.00. The van der Waals surface area contributed by atoms with Crippen LogP contribution in [-0.2, 0) is 16.2 Å². The zero-order valence-electron chi connectivity index (χ0n) is 18.1. The number of hydrogen-bond donors (Lipinski definition) is 2. The highest BCUT2D eigenvalue weighted by Crippen LogP contribution is 2.34. The maximum absolute atomic E-state index is 13.1. The number of rotatable bonds is 6. The first-order valence-corrected chi connectivity index (χ1v) is 12.9. The number of ether oxygens (including phenoxy) is 1. The highest BCUT2D eigenvalue weighted by Gasteiger charge is 2.36. The van der Waals surface area contributed by atoms with Gasteiger partial charge in [0, 0.05) is 4.47 Å². The van der Waals surface area contributed by atoms with E-state index in [-0.39, 0.29) is 17.7 Å². The Morgan fingerprint density at radius 3 is 2.31 bits per heavy atom. The Bertz CT molecular complexity index is 1400. The highest BCUT2D eigenvalue weighted by molar-refractivity contribution is 14.1. The molecule has 3 aromatic carbocycles. The van der Waals surface area contributed by atoms with E-state index >= 15 is 0 Å². The van der Waals surface area contributed by atoms with E-state index in [4.69, 9.17) is 9.84 Å². The lowest BCUT2D eigenvalue weighted by molar-refractivity contribution is -0.122.